The van der Waals surface area contributed by atoms with Gasteiger partial charge in [-0.05, 0) is 73.8 Å². The molecule has 0 aliphatic heterocycles. The summed E-state index contributed by atoms with van der Waals surface area (Å²) in [7, 11) is 0. The van der Waals surface area contributed by atoms with Gasteiger partial charge in [-0.2, -0.15) is 0 Å². The van der Waals surface area contributed by atoms with E-state index in [2.05, 4.69) is 10.3 Å². The van der Waals surface area contributed by atoms with Crippen LogP contribution in [-0.4, -0.2) is 22.0 Å². The number of rotatable bonds is 5. The first-order chi connectivity index (χ1) is 13.1. The van der Waals surface area contributed by atoms with Crippen LogP contribution in [0.15, 0.2) is 35.4 Å². The number of carbonyl (C=O) groups excluding carboxylic acids is 1. The van der Waals surface area contributed by atoms with E-state index < -0.39 is 0 Å². The number of para-hydroxylation sites is 1. The Morgan fingerprint density at radius 1 is 1.11 bits per heavy atom. The van der Waals surface area contributed by atoms with Gasteiger partial charge < -0.3 is 5.32 Å². The maximum atomic E-state index is 12.5. The molecule has 5 nitrogen and oxygen atoms in total. The van der Waals surface area contributed by atoms with Crippen LogP contribution in [0.25, 0.3) is 10.9 Å². The third-order valence-corrected chi connectivity index (χ3v) is 7.14. The van der Waals surface area contributed by atoms with Gasteiger partial charge in [-0.3, -0.25) is 14.2 Å². The zero-order valence-corrected chi connectivity index (χ0v) is 15.7. The number of nitrogens with zero attached hydrogens (tertiary/aromatic N) is 2. The normalized spacial score (nSPS) is 31.3. The van der Waals surface area contributed by atoms with Gasteiger partial charge in [0.25, 0.3) is 5.56 Å². The van der Waals surface area contributed by atoms with Crippen LogP contribution in [0.3, 0.4) is 0 Å². The smallest absolute Gasteiger partial charge is 0.261 e. The van der Waals surface area contributed by atoms with Crippen LogP contribution in [0.2, 0.25) is 0 Å². The molecular weight excluding hydrogens is 338 g/mol. The van der Waals surface area contributed by atoms with E-state index in [1.54, 1.807) is 17.0 Å². The Morgan fingerprint density at radius 2 is 1.78 bits per heavy atom. The Hall–Kier alpha value is -2.17. The Balaban J connectivity index is 1.20. The number of hydrogen-bond donors (Lipinski definition) is 1. The largest absolute Gasteiger partial charge is 0.355 e. The topological polar surface area (TPSA) is 64.0 Å². The molecule has 6 rings (SSSR count). The molecule has 4 saturated carbocycles. The van der Waals surface area contributed by atoms with Gasteiger partial charge in [0.2, 0.25) is 5.91 Å². The van der Waals surface area contributed by atoms with E-state index in [-0.39, 0.29) is 11.5 Å². The van der Waals surface area contributed by atoms with Crippen LogP contribution in [0, 0.1) is 23.2 Å². The van der Waals surface area contributed by atoms with Gasteiger partial charge >= 0.3 is 0 Å². The molecule has 0 spiro atoms. The first-order valence-electron chi connectivity index (χ1n) is 10.3. The van der Waals surface area contributed by atoms with E-state index in [0.29, 0.717) is 29.3 Å². The summed E-state index contributed by atoms with van der Waals surface area (Å²) < 4.78 is 1.55. The van der Waals surface area contributed by atoms with Gasteiger partial charge in [0, 0.05) is 19.5 Å². The summed E-state index contributed by atoms with van der Waals surface area (Å²) in [4.78, 5) is 29.3. The second-order valence-electron chi connectivity index (χ2n) is 9.20. The number of carbonyl (C=O) groups is 1. The fourth-order valence-corrected chi connectivity index (χ4v) is 6.37. The van der Waals surface area contributed by atoms with Crippen LogP contribution >= 0.6 is 0 Å². The Kier molecular flexibility index (Phi) is 4.06. The van der Waals surface area contributed by atoms with Crippen molar-refractivity contribution in [3.8, 4) is 0 Å². The number of nitrogens with one attached hydrogen (secondary N) is 1. The molecule has 0 atom stereocenters. The van der Waals surface area contributed by atoms with Gasteiger partial charge in [0.15, 0.2) is 0 Å². The van der Waals surface area contributed by atoms with Crippen molar-refractivity contribution < 1.29 is 4.79 Å². The van der Waals surface area contributed by atoms with E-state index >= 15 is 0 Å². The van der Waals surface area contributed by atoms with E-state index in [9.17, 15) is 9.59 Å². The second kappa shape index (κ2) is 6.47. The predicted molar refractivity (Wildman–Crippen MR) is 104 cm³/mol. The van der Waals surface area contributed by atoms with Crippen molar-refractivity contribution in [2.45, 2.75) is 51.5 Å². The monoisotopic (exact) mass is 365 g/mol. The highest BCUT2D eigenvalue weighted by Crippen LogP contribution is 2.59. The molecule has 4 fully saturated rings. The summed E-state index contributed by atoms with van der Waals surface area (Å²) >= 11 is 0. The molecule has 1 heterocycles. The van der Waals surface area contributed by atoms with Crippen molar-refractivity contribution in [3.05, 3.63) is 40.9 Å². The van der Waals surface area contributed by atoms with E-state index in [4.69, 9.17) is 0 Å². The van der Waals surface area contributed by atoms with E-state index in [1.165, 1.54) is 38.5 Å². The lowest BCUT2D eigenvalue weighted by atomic mass is 9.49. The number of aromatic nitrogens is 2. The second-order valence-corrected chi connectivity index (χ2v) is 9.20. The van der Waals surface area contributed by atoms with Gasteiger partial charge in [-0.25, -0.2) is 4.98 Å². The molecular formula is C22H27N3O2. The highest BCUT2D eigenvalue weighted by Gasteiger charge is 2.50. The SMILES string of the molecule is O=C(CCn1cnc2ccccc2c1=O)NCC12CC3CC(CC(C3)C1)C2. The number of hydrogen-bond acceptors (Lipinski definition) is 3. The molecule has 0 saturated heterocycles. The van der Waals surface area contributed by atoms with Crippen molar-refractivity contribution in [2.75, 3.05) is 6.54 Å². The minimum atomic E-state index is -0.0746. The van der Waals surface area contributed by atoms with Gasteiger partial charge in [0.1, 0.15) is 0 Å². The molecule has 4 aliphatic carbocycles. The molecule has 27 heavy (non-hydrogen) atoms. The molecule has 1 amide bonds. The van der Waals surface area contributed by atoms with Gasteiger partial charge in [-0.1, -0.05) is 12.1 Å². The van der Waals surface area contributed by atoms with Gasteiger partial charge in [0.05, 0.1) is 17.2 Å². The first-order valence-corrected chi connectivity index (χ1v) is 10.3. The van der Waals surface area contributed by atoms with Crippen molar-refractivity contribution in [3.63, 3.8) is 0 Å². The van der Waals surface area contributed by atoms with Crippen molar-refractivity contribution >= 4 is 16.8 Å². The number of fused-ring (bicyclic) bond motifs is 1. The van der Waals surface area contributed by atoms with Crippen LogP contribution in [-0.2, 0) is 11.3 Å². The molecule has 4 bridgehead atoms. The summed E-state index contributed by atoms with van der Waals surface area (Å²) in [5, 5.41) is 3.80. The van der Waals surface area contributed by atoms with Crippen LogP contribution in [0.5, 0.6) is 0 Å². The molecule has 2 aromatic rings. The molecule has 1 N–H and O–H groups in total. The third kappa shape index (κ3) is 3.17. The number of aryl methyl sites for hydroxylation is 1. The highest BCUT2D eigenvalue weighted by molar-refractivity contribution is 5.77. The summed E-state index contributed by atoms with van der Waals surface area (Å²) in [5.74, 6) is 2.74. The van der Waals surface area contributed by atoms with Gasteiger partial charge in [-0.15, -0.1) is 0 Å². The average Bonchev–Trinajstić information content (AvgIpc) is 2.65. The highest BCUT2D eigenvalue weighted by atomic mass is 16.1. The molecule has 0 radical (unpaired) electrons. The molecule has 1 aromatic carbocycles. The van der Waals surface area contributed by atoms with Crippen molar-refractivity contribution in [1.82, 2.24) is 14.9 Å². The van der Waals surface area contributed by atoms with Crippen LogP contribution < -0.4 is 10.9 Å². The number of amides is 1. The molecule has 142 valence electrons. The maximum Gasteiger partial charge on any atom is 0.261 e. The third-order valence-electron chi connectivity index (χ3n) is 7.14. The van der Waals surface area contributed by atoms with E-state index in [0.717, 1.165) is 24.3 Å². The summed E-state index contributed by atoms with van der Waals surface area (Å²) in [6, 6.07) is 7.33. The summed E-state index contributed by atoms with van der Waals surface area (Å²) in [6.45, 7) is 1.20. The molecule has 5 heteroatoms. The summed E-state index contributed by atoms with van der Waals surface area (Å²) in [5.41, 5.74) is 0.977. The summed E-state index contributed by atoms with van der Waals surface area (Å²) in [6.07, 6.45) is 10.0. The molecule has 4 aliphatic rings. The lowest BCUT2D eigenvalue weighted by molar-refractivity contribution is -0.123. The lowest BCUT2D eigenvalue weighted by Gasteiger charge is -2.56. The lowest BCUT2D eigenvalue weighted by Crippen LogP contribution is -2.51. The van der Waals surface area contributed by atoms with Crippen LogP contribution in [0.4, 0.5) is 0 Å². The minimum Gasteiger partial charge on any atom is -0.355 e. The minimum absolute atomic E-state index is 0.0470. The van der Waals surface area contributed by atoms with Crippen LogP contribution in [0.1, 0.15) is 44.9 Å². The standard InChI is InChI=1S/C22H27N3O2/c26-20(5-6-25-14-24-19-4-2-1-3-18(19)21(25)27)23-13-22-10-15-7-16(11-22)9-17(8-15)12-22/h1-4,14-17H,5-13H2,(H,23,26). The van der Waals surface area contributed by atoms with Crippen molar-refractivity contribution in [1.29, 1.82) is 0 Å². The average molecular weight is 365 g/mol. The Labute approximate surface area is 159 Å². The van der Waals surface area contributed by atoms with Crippen molar-refractivity contribution in [2.24, 2.45) is 23.2 Å². The maximum absolute atomic E-state index is 12.5. The zero-order valence-electron chi connectivity index (χ0n) is 15.7. The quantitative estimate of drug-likeness (QED) is 0.885. The van der Waals surface area contributed by atoms with E-state index in [1.807, 2.05) is 18.2 Å². The zero-order chi connectivity index (χ0) is 18.4. The fourth-order valence-electron chi connectivity index (χ4n) is 6.37. The molecule has 0 unspecified atom stereocenters. The Morgan fingerprint density at radius 3 is 2.48 bits per heavy atom. The first kappa shape index (κ1) is 17.0. The molecule has 1 aromatic heterocycles. The number of benzene rings is 1. The fraction of sp³-hybridized carbons (Fsp3) is 0.591. The Bertz CT molecular complexity index is 897. The predicted octanol–water partition coefficient (Wildman–Crippen LogP) is 3.12.